The SMILES string of the molecule is C[C@@H]1CN(C(=O)c2ccc3cc(Oc4ccc(C(F)F)cn4)ccc3n2)CCN1C(=O)O. The zero-order valence-corrected chi connectivity index (χ0v) is 17.1. The molecule has 1 atom stereocenters. The number of nitrogens with zero attached hydrogens (tertiary/aromatic N) is 4. The van der Waals surface area contributed by atoms with Gasteiger partial charge < -0.3 is 19.6 Å². The Balaban J connectivity index is 1.48. The Labute approximate surface area is 182 Å². The fourth-order valence-electron chi connectivity index (χ4n) is 3.58. The maximum atomic E-state index is 12.9. The zero-order chi connectivity index (χ0) is 22.8. The summed E-state index contributed by atoms with van der Waals surface area (Å²) in [6.45, 7) is 2.62. The second-order valence-electron chi connectivity index (χ2n) is 7.46. The van der Waals surface area contributed by atoms with Crippen LogP contribution >= 0.6 is 0 Å². The molecule has 2 aromatic heterocycles. The minimum Gasteiger partial charge on any atom is -0.465 e. The number of amides is 2. The molecule has 0 aliphatic carbocycles. The highest BCUT2D eigenvalue weighted by molar-refractivity contribution is 5.95. The van der Waals surface area contributed by atoms with Crippen LogP contribution < -0.4 is 4.74 Å². The Bertz CT molecular complexity index is 1160. The summed E-state index contributed by atoms with van der Waals surface area (Å²) >= 11 is 0. The van der Waals surface area contributed by atoms with Gasteiger partial charge in [-0.3, -0.25) is 4.79 Å². The van der Waals surface area contributed by atoms with Gasteiger partial charge in [-0.1, -0.05) is 6.07 Å². The Morgan fingerprint density at radius 1 is 1.16 bits per heavy atom. The van der Waals surface area contributed by atoms with Crippen molar-refractivity contribution in [2.45, 2.75) is 19.4 Å². The highest BCUT2D eigenvalue weighted by atomic mass is 19.3. The fraction of sp³-hybridized carbons (Fsp3) is 0.273. The zero-order valence-electron chi connectivity index (χ0n) is 17.1. The van der Waals surface area contributed by atoms with Crippen molar-refractivity contribution in [2.24, 2.45) is 0 Å². The van der Waals surface area contributed by atoms with Crippen LogP contribution in [0.5, 0.6) is 11.6 Å². The molecular weight excluding hydrogens is 422 g/mol. The van der Waals surface area contributed by atoms with Crippen LogP contribution in [0, 0.1) is 0 Å². The predicted octanol–water partition coefficient (Wildman–Crippen LogP) is 4.18. The molecule has 0 saturated carbocycles. The first-order valence-corrected chi connectivity index (χ1v) is 9.93. The van der Waals surface area contributed by atoms with Crippen LogP contribution in [0.2, 0.25) is 0 Å². The van der Waals surface area contributed by atoms with Crippen LogP contribution in [-0.4, -0.2) is 62.6 Å². The number of alkyl halides is 2. The summed E-state index contributed by atoms with van der Waals surface area (Å²) in [6, 6.07) is 10.7. The number of carbonyl (C=O) groups excluding carboxylic acids is 1. The molecule has 166 valence electrons. The van der Waals surface area contributed by atoms with E-state index in [0.29, 0.717) is 24.4 Å². The quantitative estimate of drug-likeness (QED) is 0.651. The number of fused-ring (bicyclic) bond motifs is 1. The predicted molar refractivity (Wildman–Crippen MR) is 111 cm³/mol. The molecule has 10 heteroatoms. The van der Waals surface area contributed by atoms with Gasteiger partial charge in [0.15, 0.2) is 0 Å². The molecule has 4 rings (SSSR count). The molecule has 1 saturated heterocycles. The van der Waals surface area contributed by atoms with E-state index in [9.17, 15) is 23.5 Å². The summed E-state index contributed by atoms with van der Waals surface area (Å²) < 4.78 is 30.9. The Kier molecular flexibility index (Phi) is 5.85. The minimum atomic E-state index is -2.59. The maximum absolute atomic E-state index is 12.9. The van der Waals surface area contributed by atoms with Crippen molar-refractivity contribution in [1.82, 2.24) is 19.8 Å². The van der Waals surface area contributed by atoms with Gasteiger partial charge in [0.25, 0.3) is 12.3 Å². The van der Waals surface area contributed by atoms with Gasteiger partial charge in [-0.2, -0.15) is 0 Å². The van der Waals surface area contributed by atoms with E-state index in [-0.39, 0.29) is 35.6 Å². The number of hydrogen-bond acceptors (Lipinski definition) is 5. The van der Waals surface area contributed by atoms with Crippen molar-refractivity contribution in [3.05, 3.63) is 59.9 Å². The van der Waals surface area contributed by atoms with Crippen molar-refractivity contribution in [3.8, 4) is 11.6 Å². The number of carboxylic acid groups (broad SMARTS) is 1. The normalized spacial score (nSPS) is 16.4. The topological polar surface area (TPSA) is 95.9 Å². The van der Waals surface area contributed by atoms with Crippen LogP contribution in [0.15, 0.2) is 48.7 Å². The molecule has 0 bridgehead atoms. The molecule has 3 heterocycles. The number of piperazine rings is 1. The number of aromatic nitrogens is 2. The molecule has 3 aromatic rings. The number of pyridine rings is 2. The molecule has 1 aromatic carbocycles. The van der Waals surface area contributed by atoms with Crippen molar-refractivity contribution in [2.75, 3.05) is 19.6 Å². The summed E-state index contributed by atoms with van der Waals surface area (Å²) in [5.41, 5.74) is 0.670. The molecule has 0 spiro atoms. The minimum absolute atomic E-state index is 0.183. The Morgan fingerprint density at radius 3 is 2.62 bits per heavy atom. The lowest BCUT2D eigenvalue weighted by molar-refractivity contribution is 0.0502. The molecule has 0 unspecified atom stereocenters. The first-order valence-electron chi connectivity index (χ1n) is 9.93. The van der Waals surface area contributed by atoms with Crippen molar-refractivity contribution in [1.29, 1.82) is 0 Å². The second-order valence-corrected chi connectivity index (χ2v) is 7.46. The van der Waals surface area contributed by atoms with Gasteiger partial charge in [-0.05, 0) is 37.3 Å². The average molecular weight is 442 g/mol. The highest BCUT2D eigenvalue weighted by Crippen LogP contribution is 2.26. The van der Waals surface area contributed by atoms with Crippen LogP contribution in [0.3, 0.4) is 0 Å². The summed E-state index contributed by atoms with van der Waals surface area (Å²) in [5.74, 6) is 0.379. The van der Waals surface area contributed by atoms with E-state index in [4.69, 9.17) is 4.74 Å². The Hall–Kier alpha value is -3.82. The van der Waals surface area contributed by atoms with E-state index >= 15 is 0 Å². The van der Waals surface area contributed by atoms with Gasteiger partial charge in [0.2, 0.25) is 5.88 Å². The monoisotopic (exact) mass is 442 g/mol. The molecule has 2 amide bonds. The van der Waals surface area contributed by atoms with Gasteiger partial charge in [-0.15, -0.1) is 0 Å². The third kappa shape index (κ3) is 4.43. The van der Waals surface area contributed by atoms with E-state index in [2.05, 4.69) is 9.97 Å². The van der Waals surface area contributed by atoms with E-state index in [1.165, 1.54) is 17.0 Å². The van der Waals surface area contributed by atoms with Crippen LogP contribution in [0.4, 0.5) is 13.6 Å². The highest BCUT2D eigenvalue weighted by Gasteiger charge is 2.30. The average Bonchev–Trinajstić information content (AvgIpc) is 2.78. The van der Waals surface area contributed by atoms with Gasteiger partial charge in [-0.25, -0.2) is 23.5 Å². The molecule has 1 aliphatic rings. The largest absolute Gasteiger partial charge is 0.465 e. The number of hydrogen-bond donors (Lipinski definition) is 1. The number of rotatable bonds is 4. The molecule has 1 N–H and O–H groups in total. The maximum Gasteiger partial charge on any atom is 0.407 e. The van der Waals surface area contributed by atoms with Crippen molar-refractivity contribution >= 4 is 22.9 Å². The number of benzene rings is 1. The van der Waals surface area contributed by atoms with Crippen molar-refractivity contribution in [3.63, 3.8) is 0 Å². The van der Waals surface area contributed by atoms with Gasteiger partial charge in [0.05, 0.1) is 5.52 Å². The number of carbonyl (C=O) groups is 2. The standard InChI is InChI=1S/C22H20F2N4O4/c1-13-12-27(8-9-28(13)22(30)31)21(29)18-5-2-14-10-16(4-6-17(14)26-18)32-19-7-3-15(11-25-19)20(23)24/h2-7,10-11,13,20H,8-9,12H2,1H3,(H,30,31)/t13-/m1/s1. The van der Waals surface area contributed by atoms with E-state index in [1.54, 1.807) is 42.2 Å². The molecule has 1 fully saturated rings. The second kappa shape index (κ2) is 8.74. The lowest BCUT2D eigenvalue weighted by Gasteiger charge is -2.38. The molecule has 32 heavy (non-hydrogen) atoms. The van der Waals surface area contributed by atoms with Gasteiger partial charge >= 0.3 is 6.09 Å². The van der Waals surface area contributed by atoms with Crippen molar-refractivity contribution < 1.29 is 28.2 Å². The summed E-state index contributed by atoms with van der Waals surface area (Å²) in [4.78, 5) is 35.3. The summed E-state index contributed by atoms with van der Waals surface area (Å²) in [7, 11) is 0. The summed E-state index contributed by atoms with van der Waals surface area (Å²) in [6.07, 6.45) is -2.52. The van der Waals surface area contributed by atoms with E-state index in [0.717, 1.165) is 11.6 Å². The lowest BCUT2D eigenvalue weighted by atomic mass is 10.1. The van der Waals surface area contributed by atoms with Gasteiger partial charge in [0, 0.05) is 48.9 Å². The first kappa shape index (κ1) is 21.4. The third-order valence-corrected chi connectivity index (χ3v) is 5.27. The molecular formula is C22H20F2N4O4. The summed E-state index contributed by atoms with van der Waals surface area (Å²) in [5, 5.41) is 9.91. The number of ether oxygens (including phenoxy) is 1. The fourth-order valence-corrected chi connectivity index (χ4v) is 3.58. The van der Waals surface area contributed by atoms with Crippen LogP contribution in [0.25, 0.3) is 10.9 Å². The van der Waals surface area contributed by atoms with E-state index in [1.807, 2.05) is 0 Å². The molecule has 0 radical (unpaired) electrons. The Morgan fingerprint density at radius 2 is 1.97 bits per heavy atom. The molecule has 1 aliphatic heterocycles. The molecule has 8 nitrogen and oxygen atoms in total. The van der Waals surface area contributed by atoms with E-state index < -0.39 is 12.5 Å². The van der Waals surface area contributed by atoms with Gasteiger partial charge in [0.1, 0.15) is 11.4 Å². The third-order valence-electron chi connectivity index (χ3n) is 5.27. The smallest absolute Gasteiger partial charge is 0.407 e. The first-order chi connectivity index (χ1) is 15.3. The van der Waals surface area contributed by atoms with Crippen LogP contribution in [0.1, 0.15) is 29.4 Å². The van der Waals surface area contributed by atoms with Crippen LogP contribution in [-0.2, 0) is 0 Å². The lowest BCUT2D eigenvalue weighted by Crippen LogP contribution is -2.55. The number of halogens is 2.